The first-order valence-corrected chi connectivity index (χ1v) is 7.17. The Hall–Kier alpha value is -2.08. The number of rotatable bonds is 6. The average molecular weight is 302 g/mol. The van der Waals surface area contributed by atoms with E-state index >= 15 is 0 Å². The zero-order valence-electron chi connectivity index (χ0n) is 12.3. The molecule has 0 aliphatic heterocycles. The van der Waals surface area contributed by atoms with E-state index in [4.69, 9.17) is 11.5 Å². The molecule has 1 unspecified atom stereocenters. The number of para-hydroxylation sites is 2. The van der Waals surface area contributed by atoms with Crippen LogP contribution in [0.2, 0.25) is 0 Å². The summed E-state index contributed by atoms with van der Waals surface area (Å²) in [5.74, 6) is 0.248. The molecular formula is C17H22N2O3. The Morgan fingerprint density at radius 3 is 1.64 bits per heavy atom. The number of phenolic OH excluding ortho intramolecular Hbond substituents is 2. The van der Waals surface area contributed by atoms with E-state index in [9.17, 15) is 15.3 Å². The molecule has 0 aliphatic rings. The highest BCUT2D eigenvalue weighted by Crippen LogP contribution is 2.28. The molecule has 2 rings (SSSR count). The molecule has 118 valence electrons. The lowest BCUT2D eigenvalue weighted by atomic mass is 9.80. The summed E-state index contributed by atoms with van der Waals surface area (Å²) in [4.78, 5) is 0. The molecule has 7 N–H and O–H groups in total. The number of aromatic hydroxyl groups is 2. The lowest BCUT2D eigenvalue weighted by molar-refractivity contribution is 0.0897. The van der Waals surface area contributed by atoms with Gasteiger partial charge in [-0.25, -0.2) is 0 Å². The highest BCUT2D eigenvalue weighted by atomic mass is 16.3. The topological polar surface area (TPSA) is 113 Å². The van der Waals surface area contributed by atoms with E-state index in [1.807, 2.05) is 0 Å². The molecule has 22 heavy (non-hydrogen) atoms. The smallest absolute Gasteiger partial charge is 0.118 e. The maximum atomic E-state index is 10.3. The van der Waals surface area contributed by atoms with Crippen LogP contribution in [0, 0.1) is 0 Å². The molecule has 0 heterocycles. The second kappa shape index (κ2) is 6.79. The molecule has 0 amide bonds. The van der Waals surface area contributed by atoms with E-state index in [0.717, 1.165) is 0 Å². The third-order valence-electron chi connectivity index (χ3n) is 3.91. The SMILES string of the molecule is NCC(O)C(N)(Cc1ccccc1O)Cc1ccccc1O. The molecular weight excluding hydrogens is 280 g/mol. The maximum absolute atomic E-state index is 10.3. The highest BCUT2D eigenvalue weighted by Gasteiger charge is 2.34. The zero-order valence-corrected chi connectivity index (χ0v) is 12.3. The zero-order chi connectivity index (χ0) is 16.2. The molecule has 2 aromatic carbocycles. The van der Waals surface area contributed by atoms with E-state index in [2.05, 4.69) is 0 Å². The maximum Gasteiger partial charge on any atom is 0.118 e. The van der Waals surface area contributed by atoms with Gasteiger partial charge in [-0.2, -0.15) is 0 Å². The molecule has 1 atom stereocenters. The van der Waals surface area contributed by atoms with Gasteiger partial charge in [-0.1, -0.05) is 36.4 Å². The highest BCUT2D eigenvalue weighted by molar-refractivity contribution is 5.37. The van der Waals surface area contributed by atoms with E-state index in [1.54, 1.807) is 48.5 Å². The fourth-order valence-corrected chi connectivity index (χ4v) is 2.56. The Morgan fingerprint density at radius 1 is 0.864 bits per heavy atom. The van der Waals surface area contributed by atoms with Gasteiger partial charge < -0.3 is 26.8 Å². The summed E-state index contributed by atoms with van der Waals surface area (Å²) < 4.78 is 0. The van der Waals surface area contributed by atoms with Gasteiger partial charge in [0.1, 0.15) is 11.5 Å². The first-order valence-electron chi connectivity index (χ1n) is 7.17. The minimum Gasteiger partial charge on any atom is -0.508 e. The van der Waals surface area contributed by atoms with Crippen LogP contribution in [-0.4, -0.2) is 33.5 Å². The molecule has 0 aromatic heterocycles. The molecule has 2 aromatic rings. The summed E-state index contributed by atoms with van der Waals surface area (Å²) in [5, 5.41) is 30.1. The van der Waals surface area contributed by atoms with Gasteiger partial charge in [0.25, 0.3) is 0 Å². The number of hydrogen-bond acceptors (Lipinski definition) is 5. The third kappa shape index (κ3) is 3.57. The van der Waals surface area contributed by atoms with Gasteiger partial charge in [0.05, 0.1) is 11.6 Å². The second-order valence-electron chi connectivity index (χ2n) is 5.60. The van der Waals surface area contributed by atoms with Crippen molar-refractivity contribution in [3.63, 3.8) is 0 Å². The second-order valence-corrected chi connectivity index (χ2v) is 5.60. The van der Waals surface area contributed by atoms with Crippen molar-refractivity contribution in [3.05, 3.63) is 59.7 Å². The normalized spacial score (nSPS) is 13.0. The molecule has 0 aliphatic carbocycles. The largest absolute Gasteiger partial charge is 0.508 e. The van der Waals surface area contributed by atoms with Gasteiger partial charge in [-0.3, -0.25) is 0 Å². The van der Waals surface area contributed by atoms with Gasteiger partial charge in [0.2, 0.25) is 0 Å². The van der Waals surface area contributed by atoms with Gasteiger partial charge in [0, 0.05) is 6.54 Å². The summed E-state index contributed by atoms with van der Waals surface area (Å²) in [6.45, 7) is -0.00229. The quantitative estimate of drug-likeness (QED) is 0.544. The van der Waals surface area contributed by atoms with Crippen molar-refractivity contribution >= 4 is 0 Å². The summed E-state index contributed by atoms with van der Waals surface area (Å²) in [5.41, 5.74) is 12.2. The van der Waals surface area contributed by atoms with E-state index in [0.29, 0.717) is 11.1 Å². The van der Waals surface area contributed by atoms with Crippen LogP contribution in [0.5, 0.6) is 11.5 Å². The van der Waals surface area contributed by atoms with Crippen molar-refractivity contribution in [1.82, 2.24) is 0 Å². The van der Waals surface area contributed by atoms with Gasteiger partial charge in [-0.05, 0) is 36.1 Å². The minimum atomic E-state index is -1.09. The number of phenols is 2. The Kier molecular flexibility index (Phi) is 5.03. The fraction of sp³-hybridized carbons (Fsp3) is 0.294. The Labute approximate surface area is 129 Å². The van der Waals surface area contributed by atoms with Crippen LogP contribution in [0.1, 0.15) is 11.1 Å². The van der Waals surface area contributed by atoms with Crippen molar-refractivity contribution in [2.45, 2.75) is 24.5 Å². The van der Waals surface area contributed by atoms with E-state index in [1.165, 1.54) is 0 Å². The van der Waals surface area contributed by atoms with Crippen LogP contribution in [-0.2, 0) is 12.8 Å². The number of hydrogen-bond donors (Lipinski definition) is 5. The van der Waals surface area contributed by atoms with Crippen molar-refractivity contribution in [1.29, 1.82) is 0 Å². The van der Waals surface area contributed by atoms with E-state index < -0.39 is 11.6 Å². The lowest BCUT2D eigenvalue weighted by Crippen LogP contribution is -2.57. The Bertz CT molecular complexity index is 583. The van der Waals surface area contributed by atoms with Gasteiger partial charge in [0.15, 0.2) is 0 Å². The average Bonchev–Trinajstić information content (AvgIpc) is 2.51. The van der Waals surface area contributed by atoms with Crippen LogP contribution in [0.15, 0.2) is 48.5 Å². The minimum absolute atomic E-state index is 0.00229. The third-order valence-corrected chi connectivity index (χ3v) is 3.91. The van der Waals surface area contributed by atoms with Crippen molar-refractivity contribution in [3.8, 4) is 11.5 Å². The summed E-state index contributed by atoms with van der Waals surface area (Å²) in [7, 11) is 0. The van der Waals surface area contributed by atoms with Crippen LogP contribution < -0.4 is 11.5 Å². The number of aliphatic hydroxyl groups excluding tert-OH is 1. The summed E-state index contributed by atoms with van der Waals surface area (Å²) >= 11 is 0. The molecule has 0 saturated heterocycles. The molecule has 0 radical (unpaired) electrons. The predicted octanol–water partition coefficient (Wildman–Crippen LogP) is 0.900. The van der Waals surface area contributed by atoms with Crippen LogP contribution in [0.4, 0.5) is 0 Å². The molecule has 5 nitrogen and oxygen atoms in total. The van der Waals surface area contributed by atoms with Crippen LogP contribution >= 0.6 is 0 Å². The lowest BCUT2D eigenvalue weighted by Gasteiger charge is -2.34. The first kappa shape index (κ1) is 16.3. The molecule has 0 fully saturated rings. The number of benzene rings is 2. The van der Waals surface area contributed by atoms with Gasteiger partial charge >= 0.3 is 0 Å². The summed E-state index contributed by atoms with van der Waals surface area (Å²) in [6.07, 6.45) is -0.481. The molecule has 0 bridgehead atoms. The van der Waals surface area contributed by atoms with E-state index in [-0.39, 0.29) is 30.9 Å². The van der Waals surface area contributed by atoms with Crippen LogP contribution in [0.3, 0.4) is 0 Å². The summed E-state index contributed by atoms with van der Waals surface area (Å²) in [6, 6.07) is 13.7. The van der Waals surface area contributed by atoms with Crippen molar-refractivity contribution in [2.24, 2.45) is 11.5 Å². The van der Waals surface area contributed by atoms with Gasteiger partial charge in [-0.15, -0.1) is 0 Å². The predicted molar refractivity (Wildman–Crippen MR) is 85.6 cm³/mol. The molecule has 0 spiro atoms. The molecule has 5 heteroatoms. The van der Waals surface area contributed by atoms with Crippen LogP contribution in [0.25, 0.3) is 0 Å². The Morgan fingerprint density at radius 2 is 1.27 bits per heavy atom. The fourth-order valence-electron chi connectivity index (χ4n) is 2.56. The number of nitrogens with two attached hydrogens (primary N) is 2. The Balaban J connectivity index is 2.32. The van der Waals surface area contributed by atoms with Crippen molar-refractivity contribution < 1.29 is 15.3 Å². The monoisotopic (exact) mass is 302 g/mol. The standard InChI is InChI=1S/C17H22N2O3/c18-11-16(22)17(19,9-12-5-1-3-7-14(12)20)10-13-6-2-4-8-15(13)21/h1-8,16,20-22H,9-11,18-19H2. The first-order chi connectivity index (χ1) is 10.5. The van der Waals surface area contributed by atoms with Crippen molar-refractivity contribution in [2.75, 3.05) is 6.54 Å². The molecule has 0 saturated carbocycles. The number of aliphatic hydroxyl groups is 1.